The van der Waals surface area contributed by atoms with Crippen molar-refractivity contribution in [1.82, 2.24) is 0 Å². The van der Waals surface area contributed by atoms with Crippen LogP contribution < -0.4 is 14.4 Å². The van der Waals surface area contributed by atoms with Crippen LogP contribution in [0.25, 0.3) is 5.76 Å². The van der Waals surface area contributed by atoms with E-state index in [2.05, 4.69) is 0 Å². The fraction of sp³-hybridized carbons (Fsp3) is 0.241. The largest absolute Gasteiger partial charge is 0.507 e. The minimum Gasteiger partial charge on any atom is -0.507 e. The lowest BCUT2D eigenvalue weighted by atomic mass is 9.94. The van der Waals surface area contributed by atoms with Gasteiger partial charge >= 0.3 is 0 Å². The summed E-state index contributed by atoms with van der Waals surface area (Å²) in [5.74, 6) is -0.241. The van der Waals surface area contributed by atoms with Crippen molar-refractivity contribution in [2.24, 2.45) is 0 Å². The van der Waals surface area contributed by atoms with Gasteiger partial charge in [0.25, 0.3) is 11.7 Å². The van der Waals surface area contributed by atoms with Crippen LogP contribution in [0.1, 0.15) is 42.1 Å². The van der Waals surface area contributed by atoms with Crippen molar-refractivity contribution in [3.05, 3.63) is 94.6 Å². The van der Waals surface area contributed by atoms with E-state index >= 15 is 0 Å². The SMILES string of the molecule is CCOc1ccc(C2/C(=C(/O)c3ccc(OCC)c(C)c3)C(=O)C(=O)N2c2cccc(C)c2)cc1. The summed E-state index contributed by atoms with van der Waals surface area (Å²) in [6.45, 7) is 8.64. The van der Waals surface area contributed by atoms with Gasteiger partial charge in [0.1, 0.15) is 17.3 Å². The summed E-state index contributed by atoms with van der Waals surface area (Å²) in [5, 5.41) is 11.4. The Labute approximate surface area is 205 Å². The van der Waals surface area contributed by atoms with E-state index in [0.717, 1.165) is 11.1 Å². The molecule has 0 aromatic heterocycles. The minimum atomic E-state index is -0.792. The van der Waals surface area contributed by atoms with Crippen molar-refractivity contribution < 1.29 is 24.2 Å². The average Bonchev–Trinajstić information content (AvgIpc) is 3.11. The number of benzene rings is 3. The molecule has 6 heteroatoms. The van der Waals surface area contributed by atoms with Crippen LogP contribution in [0.4, 0.5) is 5.69 Å². The van der Waals surface area contributed by atoms with E-state index in [1.807, 2.05) is 58.0 Å². The average molecular weight is 472 g/mol. The maximum Gasteiger partial charge on any atom is 0.300 e. The summed E-state index contributed by atoms with van der Waals surface area (Å²) in [6.07, 6.45) is 0. The fourth-order valence-electron chi connectivity index (χ4n) is 4.37. The molecule has 180 valence electrons. The lowest BCUT2D eigenvalue weighted by Gasteiger charge is -2.26. The molecule has 0 aliphatic carbocycles. The van der Waals surface area contributed by atoms with Crippen LogP contribution in [-0.2, 0) is 9.59 Å². The number of ether oxygens (including phenoxy) is 2. The number of amides is 1. The number of hydrogen-bond donors (Lipinski definition) is 1. The van der Waals surface area contributed by atoms with E-state index in [4.69, 9.17) is 9.47 Å². The number of anilines is 1. The molecule has 6 nitrogen and oxygen atoms in total. The lowest BCUT2D eigenvalue weighted by Crippen LogP contribution is -2.29. The summed E-state index contributed by atoms with van der Waals surface area (Å²) in [7, 11) is 0. The van der Waals surface area contributed by atoms with Gasteiger partial charge in [-0.05, 0) is 86.8 Å². The first-order chi connectivity index (χ1) is 16.8. The molecule has 1 aliphatic heterocycles. The van der Waals surface area contributed by atoms with Crippen LogP contribution in [-0.4, -0.2) is 30.0 Å². The predicted octanol–water partition coefficient (Wildman–Crippen LogP) is 5.73. The number of hydrogen-bond acceptors (Lipinski definition) is 5. The molecule has 1 heterocycles. The molecule has 1 atom stereocenters. The van der Waals surface area contributed by atoms with Gasteiger partial charge in [0.15, 0.2) is 0 Å². The summed E-state index contributed by atoms with van der Waals surface area (Å²) in [5.41, 5.74) is 3.55. The minimum absolute atomic E-state index is 0.0456. The molecule has 3 aromatic carbocycles. The second kappa shape index (κ2) is 10.1. The van der Waals surface area contributed by atoms with Crippen molar-refractivity contribution in [3.8, 4) is 11.5 Å². The molecule has 0 bridgehead atoms. The number of aryl methyl sites for hydroxylation is 2. The van der Waals surface area contributed by atoms with Crippen molar-refractivity contribution in [3.63, 3.8) is 0 Å². The monoisotopic (exact) mass is 471 g/mol. The molecule has 1 unspecified atom stereocenters. The zero-order valence-electron chi connectivity index (χ0n) is 20.4. The molecule has 4 rings (SSSR count). The van der Waals surface area contributed by atoms with E-state index in [0.29, 0.717) is 41.5 Å². The zero-order chi connectivity index (χ0) is 25.1. The van der Waals surface area contributed by atoms with Crippen molar-refractivity contribution in [1.29, 1.82) is 0 Å². The summed E-state index contributed by atoms with van der Waals surface area (Å²) in [6, 6.07) is 19.1. The van der Waals surface area contributed by atoms with Crippen LogP contribution in [0.2, 0.25) is 0 Å². The van der Waals surface area contributed by atoms with Gasteiger partial charge in [0, 0.05) is 11.3 Å². The third-order valence-electron chi connectivity index (χ3n) is 5.98. The van der Waals surface area contributed by atoms with Gasteiger partial charge in [0.2, 0.25) is 0 Å². The van der Waals surface area contributed by atoms with Crippen LogP contribution >= 0.6 is 0 Å². The number of nitrogens with zero attached hydrogens (tertiary/aromatic N) is 1. The van der Waals surface area contributed by atoms with Gasteiger partial charge < -0.3 is 14.6 Å². The Bertz CT molecular complexity index is 1290. The number of carbonyl (C=O) groups excluding carboxylic acids is 2. The number of aliphatic hydroxyl groups is 1. The first kappa shape index (κ1) is 24.1. The van der Waals surface area contributed by atoms with E-state index in [1.54, 1.807) is 36.4 Å². The molecule has 1 saturated heterocycles. The number of ketones is 1. The normalized spacial score (nSPS) is 17.0. The second-order valence-corrected chi connectivity index (χ2v) is 8.42. The molecule has 0 radical (unpaired) electrons. The van der Waals surface area contributed by atoms with Crippen LogP contribution in [0.3, 0.4) is 0 Å². The van der Waals surface area contributed by atoms with Gasteiger partial charge in [0.05, 0.1) is 24.8 Å². The molecular weight excluding hydrogens is 442 g/mol. The van der Waals surface area contributed by atoms with Crippen molar-refractivity contribution in [2.45, 2.75) is 33.7 Å². The standard InChI is InChI=1S/C29H29NO5/c1-5-34-23-13-10-20(11-14-23)26-25(27(31)21-12-15-24(35-6-2)19(4)17-21)28(32)29(33)30(26)22-9-7-8-18(3)16-22/h7-17,26,31H,5-6H2,1-4H3/b27-25-. The van der Waals surface area contributed by atoms with E-state index in [9.17, 15) is 14.7 Å². The maximum atomic E-state index is 13.3. The van der Waals surface area contributed by atoms with Gasteiger partial charge in [-0.2, -0.15) is 0 Å². The molecule has 1 fully saturated rings. The molecule has 0 spiro atoms. The topological polar surface area (TPSA) is 76.1 Å². The third kappa shape index (κ3) is 4.64. The Morgan fingerprint density at radius 3 is 2.26 bits per heavy atom. The Morgan fingerprint density at radius 1 is 0.914 bits per heavy atom. The highest BCUT2D eigenvalue weighted by Crippen LogP contribution is 2.43. The number of carbonyl (C=O) groups is 2. The van der Waals surface area contributed by atoms with Crippen molar-refractivity contribution >= 4 is 23.1 Å². The summed E-state index contributed by atoms with van der Waals surface area (Å²) >= 11 is 0. The maximum absolute atomic E-state index is 13.3. The number of aliphatic hydroxyl groups excluding tert-OH is 1. The van der Waals surface area contributed by atoms with Crippen molar-refractivity contribution in [2.75, 3.05) is 18.1 Å². The second-order valence-electron chi connectivity index (χ2n) is 8.42. The van der Waals surface area contributed by atoms with Gasteiger partial charge in [-0.3, -0.25) is 14.5 Å². The van der Waals surface area contributed by atoms with Crippen LogP contribution in [0.5, 0.6) is 11.5 Å². The van der Waals surface area contributed by atoms with E-state index in [1.165, 1.54) is 4.90 Å². The van der Waals surface area contributed by atoms with Gasteiger partial charge in [-0.15, -0.1) is 0 Å². The van der Waals surface area contributed by atoms with Gasteiger partial charge in [-0.1, -0.05) is 24.3 Å². The smallest absolute Gasteiger partial charge is 0.300 e. The molecule has 35 heavy (non-hydrogen) atoms. The Morgan fingerprint density at radius 2 is 1.63 bits per heavy atom. The van der Waals surface area contributed by atoms with E-state index in [-0.39, 0.29) is 11.3 Å². The molecule has 1 aliphatic rings. The molecule has 0 saturated carbocycles. The summed E-state index contributed by atoms with van der Waals surface area (Å²) < 4.78 is 11.2. The van der Waals surface area contributed by atoms with Crippen LogP contribution in [0, 0.1) is 13.8 Å². The first-order valence-corrected chi connectivity index (χ1v) is 11.7. The number of Topliss-reactive ketones (excluding diaryl/α,β-unsaturated/α-hetero) is 1. The highest BCUT2D eigenvalue weighted by atomic mass is 16.5. The first-order valence-electron chi connectivity index (χ1n) is 11.7. The highest BCUT2D eigenvalue weighted by molar-refractivity contribution is 6.51. The lowest BCUT2D eigenvalue weighted by molar-refractivity contribution is -0.132. The highest BCUT2D eigenvalue weighted by Gasteiger charge is 2.47. The van der Waals surface area contributed by atoms with Gasteiger partial charge in [-0.25, -0.2) is 0 Å². The molecule has 1 N–H and O–H groups in total. The fourth-order valence-corrected chi connectivity index (χ4v) is 4.37. The molecule has 3 aromatic rings. The van der Waals surface area contributed by atoms with E-state index < -0.39 is 17.7 Å². The van der Waals surface area contributed by atoms with Crippen LogP contribution in [0.15, 0.2) is 72.3 Å². The third-order valence-corrected chi connectivity index (χ3v) is 5.98. The number of rotatable bonds is 7. The Kier molecular flexibility index (Phi) is 6.92. The summed E-state index contributed by atoms with van der Waals surface area (Å²) in [4.78, 5) is 28.1. The molecular formula is C29H29NO5. The zero-order valence-corrected chi connectivity index (χ0v) is 20.4. The predicted molar refractivity (Wildman–Crippen MR) is 136 cm³/mol. The quantitative estimate of drug-likeness (QED) is 0.271. The Balaban J connectivity index is 1.89. The molecule has 1 amide bonds. The Hall–Kier alpha value is -4.06.